The number of pyridine rings is 1. The third-order valence-electron chi connectivity index (χ3n) is 3.33. The molecule has 0 atom stereocenters. The lowest BCUT2D eigenvalue weighted by molar-refractivity contribution is -0.142. The zero-order valence-corrected chi connectivity index (χ0v) is 14.9. The van der Waals surface area contributed by atoms with Crippen LogP contribution in [0.3, 0.4) is 0 Å². The van der Waals surface area contributed by atoms with Crippen LogP contribution in [0.5, 0.6) is 0 Å². The monoisotopic (exact) mass is 377 g/mol. The number of hydrogen-bond donors (Lipinski definition) is 1. The topological polar surface area (TPSA) is 98.2 Å². The number of sulfonamides is 1. The van der Waals surface area contributed by atoms with Gasteiger partial charge in [0.2, 0.25) is 0 Å². The van der Waals surface area contributed by atoms with E-state index in [-0.39, 0.29) is 16.4 Å². The van der Waals surface area contributed by atoms with Crippen molar-refractivity contribution in [3.8, 4) is 0 Å². The highest BCUT2D eigenvalue weighted by Gasteiger charge is 2.19. The molecule has 0 bridgehead atoms. The lowest BCUT2D eigenvalue weighted by Gasteiger charge is -2.08. The number of carbonyl (C=O) groups excluding carboxylic acids is 1. The summed E-state index contributed by atoms with van der Waals surface area (Å²) in [5, 5.41) is 3.13. The number of rotatable bonds is 6. The first-order valence-corrected chi connectivity index (χ1v) is 9.81. The van der Waals surface area contributed by atoms with E-state index in [1.54, 1.807) is 42.9 Å². The van der Waals surface area contributed by atoms with Gasteiger partial charge in [-0.15, -0.1) is 11.3 Å². The second kappa shape index (κ2) is 7.16. The Morgan fingerprint density at radius 3 is 2.96 bits per heavy atom. The number of nitrogens with zero attached hydrogens (tertiary/aromatic N) is 2. The first-order valence-electron chi connectivity index (χ1n) is 7.45. The maximum absolute atomic E-state index is 12.7. The molecule has 0 aliphatic carbocycles. The molecule has 0 fully saturated rings. The van der Waals surface area contributed by atoms with E-state index >= 15 is 0 Å². The lowest BCUT2D eigenvalue weighted by Crippen LogP contribution is -2.13. The van der Waals surface area contributed by atoms with Crippen molar-refractivity contribution in [3.63, 3.8) is 0 Å². The van der Waals surface area contributed by atoms with Crippen molar-refractivity contribution in [2.45, 2.75) is 18.2 Å². The number of ether oxygens (including phenoxy) is 1. The fraction of sp³-hybridized carbons (Fsp3) is 0.188. The van der Waals surface area contributed by atoms with E-state index in [2.05, 4.69) is 14.7 Å². The molecule has 25 heavy (non-hydrogen) atoms. The summed E-state index contributed by atoms with van der Waals surface area (Å²) in [6, 6.07) is 6.63. The molecule has 7 nitrogen and oxygen atoms in total. The molecule has 2 heterocycles. The predicted octanol–water partition coefficient (Wildman–Crippen LogP) is 2.60. The Bertz CT molecular complexity index is 1010. The summed E-state index contributed by atoms with van der Waals surface area (Å²) in [7, 11) is -3.81. The Kier molecular flexibility index (Phi) is 4.95. The smallest absolute Gasteiger partial charge is 0.311 e. The minimum Gasteiger partial charge on any atom is -0.466 e. The Balaban J connectivity index is 1.84. The zero-order valence-electron chi connectivity index (χ0n) is 13.3. The van der Waals surface area contributed by atoms with Crippen LogP contribution in [0.15, 0.2) is 46.9 Å². The summed E-state index contributed by atoms with van der Waals surface area (Å²) in [6.45, 7) is 2.01. The van der Waals surface area contributed by atoms with Crippen LogP contribution in [0.25, 0.3) is 10.8 Å². The first-order chi connectivity index (χ1) is 12.0. The van der Waals surface area contributed by atoms with E-state index < -0.39 is 16.0 Å². The summed E-state index contributed by atoms with van der Waals surface area (Å²) in [6.07, 6.45) is 3.16. The average Bonchev–Trinajstić information content (AvgIpc) is 3.00. The number of esters is 1. The second-order valence-electron chi connectivity index (χ2n) is 5.08. The summed E-state index contributed by atoms with van der Waals surface area (Å²) in [5.41, 5.74) is 0.461. The van der Waals surface area contributed by atoms with Crippen molar-refractivity contribution in [2.75, 3.05) is 11.3 Å². The van der Waals surface area contributed by atoms with Crippen molar-refractivity contribution in [3.05, 3.63) is 47.7 Å². The van der Waals surface area contributed by atoms with Crippen molar-refractivity contribution in [1.82, 2.24) is 9.97 Å². The van der Waals surface area contributed by atoms with E-state index in [0.29, 0.717) is 17.7 Å². The maximum atomic E-state index is 12.7. The van der Waals surface area contributed by atoms with Gasteiger partial charge in [0.05, 0.1) is 23.6 Å². The van der Waals surface area contributed by atoms with E-state index in [9.17, 15) is 13.2 Å². The quantitative estimate of drug-likeness (QED) is 0.663. The number of nitrogens with one attached hydrogen (secondary N) is 1. The Hall–Kier alpha value is -2.52. The molecule has 9 heteroatoms. The molecule has 130 valence electrons. The average molecular weight is 377 g/mol. The second-order valence-corrected chi connectivity index (χ2v) is 7.59. The molecule has 0 saturated heterocycles. The number of anilines is 1. The molecule has 0 unspecified atom stereocenters. The van der Waals surface area contributed by atoms with E-state index in [0.717, 1.165) is 16.7 Å². The van der Waals surface area contributed by atoms with Crippen LogP contribution in [0, 0.1) is 0 Å². The Labute approximate surface area is 148 Å². The minimum absolute atomic E-state index is 0.00596. The van der Waals surface area contributed by atoms with Crippen LogP contribution >= 0.6 is 11.3 Å². The number of thiazole rings is 1. The molecule has 3 aromatic rings. The molecule has 0 saturated carbocycles. The molecule has 0 spiro atoms. The standard InChI is InChI=1S/C16H15N3O4S2/c1-2-23-15(20)8-12-10-24-16(18-12)19-25(21,22)14-5-3-4-11-9-17-7-6-13(11)14/h3-7,9-10H,2,8H2,1H3,(H,18,19). The molecular formula is C16H15N3O4S2. The van der Waals surface area contributed by atoms with E-state index in [1.165, 1.54) is 6.07 Å². The summed E-state index contributed by atoms with van der Waals surface area (Å²) in [5.74, 6) is -0.399. The highest BCUT2D eigenvalue weighted by Crippen LogP contribution is 2.25. The van der Waals surface area contributed by atoms with Gasteiger partial charge >= 0.3 is 5.97 Å². The molecule has 0 amide bonds. The van der Waals surface area contributed by atoms with Gasteiger partial charge < -0.3 is 4.74 Å². The molecule has 2 aromatic heterocycles. The highest BCUT2D eigenvalue weighted by atomic mass is 32.2. The van der Waals surface area contributed by atoms with Crippen molar-refractivity contribution < 1.29 is 17.9 Å². The van der Waals surface area contributed by atoms with Gasteiger partial charge in [-0.1, -0.05) is 12.1 Å². The normalized spacial score (nSPS) is 11.4. The molecule has 1 aromatic carbocycles. The van der Waals surface area contributed by atoms with Crippen molar-refractivity contribution >= 4 is 43.2 Å². The van der Waals surface area contributed by atoms with Crippen LogP contribution in [-0.4, -0.2) is 31.0 Å². The van der Waals surface area contributed by atoms with Gasteiger partial charge in [-0.3, -0.25) is 14.5 Å². The van der Waals surface area contributed by atoms with Crippen LogP contribution in [-0.2, 0) is 26.0 Å². The molecular weight excluding hydrogens is 362 g/mol. The number of hydrogen-bond acceptors (Lipinski definition) is 7. The molecule has 3 rings (SSSR count). The van der Waals surface area contributed by atoms with Gasteiger partial charge in [-0.05, 0) is 19.1 Å². The van der Waals surface area contributed by atoms with E-state index in [1.807, 2.05) is 0 Å². The minimum atomic E-state index is -3.81. The Morgan fingerprint density at radius 2 is 2.16 bits per heavy atom. The van der Waals surface area contributed by atoms with Gasteiger partial charge in [0.1, 0.15) is 0 Å². The third kappa shape index (κ3) is 3.94. The fourth-order valence-corrected chi connectivity index (χ4v) is 4.49. The number of aromatic nitrogens is 2. The predicted molar refractivity (Wildman–Crippen MR) is 95.0 cm³/mol. The third-order valence-corrected chi connectivity index (χ3v) is 5.67. The van der Waals surface area contributed by atoms with Crippen LogP contribution < -0.4 is 4.72 Å². The maximum Gasteiger partial charge on any atom is 0.311 e. The first kappa shape index (κ1) is 17.3. The Morgan fingerprint density at radius 1 is 1.32 bits per heavy atom. The summed E-state index contributed by atoms with van der Waals surface area (Å²) in [4.78, 5) is 19.8. The summed E-state index contributed by atoms with van der Waals surface area (Å²) < 4.78 is 32.7. The zero-order chi connectivity index (χ0) is 17.9. The van der Waals surface area contributed by atoms with Gasteiger partial charge in [0.15, 0.2) is 5.13 Å². The van der Waals surface area contributed by atoms with Crippen molar-refractivity contribution in [1.29, 1.82) is 0 Å². The SMILES string of the molecule is CCOC(=O)Cc1csc(NS(=O)(=O)c2cccc3cnccc23)n1. The molecule has 0 radical (unpaired) electrons. The van der Waals surface area contributed by atoms with Gasteiger partial charge in [-0.25, -0.2) is 13.4 Å². The molecule has 0 aliphatic heterocycles. The van der Waals surface area contributed by atoms with Crippen molar-refractivity contribution in [2.24, 2.45) is 0 Å². The fourth-order valence-electron chi connectivity index (χ4n) is 2.29. The lowest BCUT2D eigenvalue weighted by atomic mass is 10.2. The molecule has 1 N–H and O–H groups in total. The highest BCUT2D eigenvalue weighted by molar-refractivity contribution is 7.93. The molecule has 0 aliphatic rings. The van der Waals surface area contributed by atoms with Gasteiger partial charge in [0.25, 0.3) is 10.0 Å². The van der Waals surface area contributed by atoms with Crippen LogP contribution in [0.2, 0.25) is 0 Å². The summed E-state index contributed by atoms with van der Waals surface area (Å²) >= 11 is 1.12. The number of carbonyl (C=O) groups is 1. The largest absolute Gasteiger partial charge is 0.466 e. The van der Waals surface area contributed by atoms with E-state index in [4.69, 9.17) is 4.74 Å². The van der Waals surface area contributed by atoms with Crippen LogP contribution in [0.1, 0.15) is 12.6 Å². The van der Waals surface area contributed by atoms with Gasteiger partial charge in [0, 0.05) is 28.5 Å². The number of fused-ring (bicyclic) bond motifs is 1. The number of benzene rings is 1. The van der Waals surface area contributed by atoms with Gasteiger partial charge in [-0.2, -0.15) is 0 Å². The van der Waals surface area contributed by atoms with Crippen LogP contribution in [0.4, 0.5) is 5.13 Å².